The molecule has 1 aliphatic heterocycles. The molecular formula is C22H25N5O. The minimum atomic E-state index is 0.198. The van der Waals surface area contributed by atoms with E-state index in [1.54, 1.807) is 0 Å². The van der Waals surface area contributed by atoms with E-state index in [2.05, 4.69) is 32.2 Å². The Labute approximate surface area is 165 Å². The highest BCUT2D eigenvalue weighted by Gasteiger charge is 2.39. The molecule has 2 aliphatic rings. The third kappa shape index (κ3) is 3.56. The number of hydrogen-bond acceptors (Lipinski definition) is 6. The van der Waals surface area contributed by atoms with Gasteiger partial charge in [0.05, 0.1) is 5.92 Å². The second-order valence-corrected chi connectivity index (χ2v) is 8.03. The van der Waals surface area contributed by atoms with Crippen LogP contribution >= 0.6 is 0 Å². The van der Waals surface area contributed by atoms with Crippen molar-refractivity contribution in [3.05, 3.63) is 71.9 Å². The zero-order valence-corrected chi connectivity index (χ0v) is 15.9. The molecule has 0 aromatic carbocycles. The predicted octanol–water partition coefficient (Wildman–Crippen LogP) is 3.90. The molecule has 3 aromatic heterocycles. The van der Waals surface area contributed by atoms with Crippen molar-refractivity contribution in [3.63, 3.8) is 0 Å². The van der Waals surface area contributed by atoms with Gasteiger partial charge in [-0.1, -0.05) is 30.1 Å². The number of pyridine rings is 2. The zero-order valence-electron chi connectivity index (χ0n) is 15.9. The molecule has 0 unspecified atom stereocenters. The van der Waals surface area contributed by atoms with E-state index in [1.165, 1.54) is 36.8 Å². The molecule has 1 aliphatic carbocycles. The fourth-order valence-corrected chi connectivity index (χ4v) is 4.70. The van der Waals surface area contributed by atoms with Crippen molar-refractivity contribution < 1.29 is 4.52 Å². The molecule has 3 aromatic rings. The summed E-state index contributed by atoms with van der Waals surface area (Å²) in [6.07, 6.45) is 12.5. The van der Waals surface area contributed by atoms with Crippen LogP contribution in [0.1, 0.15) is 66.3 Å². The monoisotopic (exact) mass is 375 g/mol. The number of nitrogens with zero attached hydrogens (tertiary/aromatic N) is 5. The first-order valence-electron chi connectivity index (χ1n) is 10.2. The molecule has 5 rings (SSSR count). The Morgan fingerprint density at radius 2 is 1.75 bits per heavy atom. The summed E-state index contributed by atoms with van der Waals surface area (Å²) >= 11 is 0. The maximum Gasteiger partial charge on any atom is 0.231 e. The molecule has 0 amide bonds. The van der Waals surface area contributed by atoms with Crippen molar-refractivity contribution in [2.24, 2.45) is 0 Å². The molecule has 0 spiro atoms. The van der Waals surface area contributed by atoms with Crippen LogP contribution in [-0.4, -0.2) is 38.1 Å². The Morgan fingerprint density at radius 1 is 0.964 bits per heavy atom. The normalized spacial score (nSPS) is 23.4. The van der Waals surface area contributed by atoms with Crippen LogP contribution in [0.5, 0.6) is 0 Å². The van der Waals surface area contributed by atoms with Crippen LogP contribution < -0.4 is 0 Å². The topological polar surface area (TPSA) is 67.9 Å². The summed E-state index contributed by atoms with van der Waals surface area (Å²) in [4.78, 5) is 15.9. The van der Waals surface area contributed by atoms with Gasteiger partial charge < -0.3 is 4.52 Å². The molecule has 2 atom stereocenters. The molecule has 1 saturated carbocycles. The van der Waals surface area contributed by atoms with Crippen LogP contribution in [-0.2, 0) is 6.54 Å². The van der Waals surface area contributed by atoms with Gasteiger partial charge in [-0.2, -0.15) is 4.98 Å². The van der Waals surface area contributed by atoms with E-state index in [0.717, 1.165) is 31.3 Å². The smallest absolute Gasteiger partial charge is 0.231 e. The summed E-state index contributed by atoms with van der Waals surface area (Å²) in [5, 5.41) is 4.35. The van der Waals surface area contributed by atoms with Crippen LogP contribution in [0.25, 0.3) is 0 Å². The number of aromatic nitrogens is 4. The Balaban J connectivity index is 1.40. The fraction of sp³-hybridized carbons (Fsp3) is 0.455. The lowest BCUT2D eigenvalue weighted by Crippen LogP contribution is -2.20. The average Bonchev–Trinajstić information content (AvgIpc) is 3.49. The summed E-state index contributed by atoms with van der Waals surface area (Å²) in [6, 6.07) is 8.29. The van der Waals surface area contributed by atoms with Gasteiger partial charge in [-0.05, 0) is 36.1 Å². The van der Waals surface area contributed by atoms with E-state index >= 15 is 0 Å². The Hall–Kier alpha value is -2.60. The van der Waals surface area contributed by atoms with Crippen molar-refractivity contribution in [2.45, 2.75) is 50.0 Å². The van der Waals surface area contributed by atoms with Crippen LogP contribution in [0.3, 0.4) is 0 Å². The summed E-state index contributed by atoms with van der Waals surface area (Å²) in [6.45, 7) is 2.73. The lowest BCUT2D eigenvalue weighted by molar-refractivity contribution is 0.308. The molecule has 1 saturated heterocycles. The highest BCUT2D eigenvalue weighted by Crippen LogP contribution is 2.40. The molecule has 4 heterocycles. The third-order valence-corrected chi connectivity index (χ3v) is 6.13. The number of likely N-dealkylation sites (tertiary alicyclic amines) is 1. The van der Waals surface area contributed by atoms with Crippen LogP contribution in [0.15, 0.2) is 53.6 Å². The molecule has 144 valence electrons. The van der Waals surface area contributed by atoms with Gasteiger partial charge >= 0.3 is 0 Å². The van der Waals surface area contributed by atoms with Crippen LogP contribution in [0.4, 0.5) is 0 Å². The van der Waals surface area contributed by atoms with Crippen molar-refractivity contribution in [3.8, 4) is 0 Å². The first kappa shape index (κ1) is 17.5. The van der Waals surface area contributed by atoms with Gasteiger partial charge in [-0.3, -0.25) is 14.9 Å². The first-order chi connectivity index (χ1) is 13.9. The molecule has 0 N–H and O–H groups in total. The highest BCUT2D eigenvalue weighted by atomic mass is 16.5. The SMILES string of the molecule is c1cncc(CN2C[C@@H](c3cccnc3)[C@H](c3nc(C4CCCC4)no3)C2)c1. The lowest BCUT2D eigenvalue weighted by Gasteiger charge is -2.15. The minimum absolute atomic E-state index is 0.198. The highest BCUT2D eigenvalue weighted by molar-refractivity contribution is 5.24. The molecule has 28 heavy (non-hydrogen) atoms. The molecular weight excluding hydrogens is 350 g/mol. The molecule has 6 nitrogen and oxygen atoms in total. The first-order valence-corrected chi connectivity index (χ1v) is 10.2. The maximum atomic E-state index is 5.79. The number of rotatable bonds is 5. The number of hydrogen-bond donors (Lipinski definition) is 0. The molecule has 0 radical (unpaired) electrons. The van der Waals surface area contributed by atoms with E-state index < -0.39 is 0 Å². The van der Waals surface area contributed by atoms with Gasteiger partial charge in [-0.15, -0.1) is 0 Å². The Kier molecular flexibility index (Phi) is 4.87. The Morgan fingerprint density at radius 3 is 2.50 bits per heavy atom. The Bertz CT molecular complexity index is 892. The van der Waals surface area contributed by atoms with E-state index in [0.29, 0.717) is 11.8 Å². The van der Waals surface area contributed by atoms with E-state index in [4.69, 9.17) is 9.51 Å². The van der Waals surface area contributed by atoms with Crippen LogP contribution in [0, 0.1) is 0 Å². The summed E-state index contributed by atoms with van der Waals surface area (Å²) in [5.74, 6) is 2.67. The predicted molar refractivity (Wildman–Crippen MR) is 105 cm³/mol. The standard InChI is InChI=1S/C22H25N5O/c1-2-7-17(6-1)21-25-22(28-26-21)20-15-27(13-16-5-3-9-23-11-16)14-19(20)18-8-4-10-24-12-18/h3-5,8-12,17,19-20H,1-2,6-7,13-15H2/t19-,20+/m0/s1. The fourth-order valence-electron chi connectivity index (χ4n) is 4.70. The second-order valence-electron chi connectivity index (χ2n) is 8.03. The van der Waals surface area contributed by atoms with Gasteiger partial charge in [-0.25, -0.2) is 0 Å². The van der Waals surface area contributed by atoms with E-state index in [9.17, 15) is 0 Å². The van der Waals surface area contributed by atoms with Crippen molar-refractivity contribution >= 4 is 0 Å². The van der Waals surface area contributed by atoms with Crippen LogP contribution in [0.2, 0.25) is 0 Å². The molecule has 0 bridgehead atoms. The third-order valence-electron chi connectivity index (χ3n) is 6.13. The van der Waals surface area contributed by atoms with Crippen molar-refractivity contribution in [2.75, 3.05) is 13.1 Å². The van der Waals surface area contributed by atoms with Crippen molar-refractivity contribution in [1.82, 2.24) is 25.0 Å². The lowest BCUT2D eigenvalue weighted by atomic mass is 9.90. The zero-order chi connectivity index (χ0) is 18.8. The van der Waals surface area contributed by atoms with Gasteiger partial charge in [0.25, 0.3) is 0 Å². The van der Waals surface area contributed by atoms with Gasteiger partial charge in [0.1, 0.15) is 0 Å². The van der Waals surface area contributed by atoms with Crippen molar-refractivity contribution in [1.29, 1.82) is 0 Å². The van der Waals surface area contributed by atoms with Gasteiger partial charge in [0.2, 0.25) is 5.89 Å². The van der Waals surface area contributed by atoms with E-state index in [1.807, 2.05) is 36.9 Å². The average molecular weight is 375 g/mol. The maximum absolute atomic E-state index is 5.79. The second kappa shape index (κ2) is 7.80. The largest absolute Gasteiger partial charge is 0.339 e. The van der Waals surface area contributed by atoms with Gasteiger partial charge in [0.15, 0.2) is 5.82 Å². The summed E-state index contributed by atoms with van der Waals surface area (Å²) < 4.78 is 5.79. The molecule has 6 heteroatoms. The molecule has 2 fully saturated rings. The van der Waals surface area contributed by atoms with E-state index in [-0.39, 0.29) is 5.92 Å². The van der Waals surface area contributed by atoms with Gasteiger partial charge in [0, 0.05) is 56.3 Å². The summed E-state index contributed by atoms with van der Waals surface area (Å²) in [5.41, 5.74) is 2.46. The quantitative estimate of drug-likeness (QED) is 0.674. The summed E-state index contributed by atoms with van der Waals surface area (Å²) in [7, 11) is 0. The minimum Gasteiger partial charge on any atom is -0.339 e.